The van der Waals surface area contributed by atoms with Gasteiger partial charge in [-0.15, -0.1) is 0 Å². The molecule has 0 amide bonds. The zero-order chi connectivity index (χ0) is 20.5. The quantitative estimate of drug-likeness (QED) is 0.359. The molecule has 2 saturated heterocycles. The van der Waals surface area contributed by atoms with Crippen molar-refractivity contribution in [3.05, 3.63) is 0 Å². The zero-order valence-corrected chi connectivity index (χ0v) is 17.5. The number of hydrogen-bond acceptors (Lipinski definition) is 8. The van der Waals surface area contributed by atoms with Crippen LogP contribution in [0.1, 0.15) is 46.0 Å². The number of cyclic esters (lactones) is 1. The highest BCUT2D eigenvalue weighted by atomic mass is 79.9. The van der Waals surface area contributed by atoms with Crippen molar-refractivity contribution in [3.63, 3.8) is 0 Å². The second kappa shape index (κ2) is 6.15. The van der Waals surface area contributed by atoms with Gasteiger partial charge in [-0.05, 0) is 32.1 Å². The number of carbonyl (C=O) groups is 3. The van der Waals surface area contributed by atoms with Crippen LogP contribution in [-0.4, -0.2) is 63.5 Å². The minimum atomic E-state index is -1.92. The van der Waals surface area contributed by atoms with Gasteiger partial charge in [-0.1, -0.05) is 22.9 Å². The van der Waals surface area contributed by atoms with Crippen LogP contribution < -0.4 is 0 Å². The zero-order valence-electron chi connectivity index (χ0n) is 15.9. The van der Waals surface area contributed by atoms with E-state index < -0.39 is 52.1 Å². The van der Waals surface area contributed by atoms with Crippen LogP contribution in [0.3, 0.4) is 0 Å². The molecule has 2 bridgehead atoms. The Morgan fingerprint density at radius 1 is 1.39 bits per heavy atom. The highest BCUT2D eigenvalue weighted by Gasteiger charge is 2.87. The molecule has 0 aromatic carbocycles. The van der Waals surface area contributed by atoms with Crippen LogP contribution in [0.25, 0.3) is 0 Å². The van der Waals surface area contributed by atoms with E-state index in [1.807, 2.05) is 6.92 Å². The molecule has 4 fully saturated rings. The maximum Gasteiger partial charge on any atom is 0.355 e. The van der Waals surface area contributed by atoms with Gasteiger partial charge in [-0.2, -0.15) is 0 Å². The fourth-order valence-electron chi connectivity index (χ4n) is 6.30. The van der Waals surface area contributed by atoms with Gasteiger partial charge in [0.05, 0.1) is 11.0 Å². The van der Waals surface area contributed by atoms with Gasteiger partial charge in [-0.25, -0.2) is 9.59 Å². The molecule has 4 aliphatic rings. The number of alkyl halides is 1. The van der Waals surface area contributed by atoms with Gasteiger partial charge in [0.15, 0.2) is 12.2 Å². The Balaban J connectivity index is 1.88. The average Bonchev–Trinajstić information content (AvgIpc) is 3.07. The summed E-state index contributed by atoms with van der Waals surface area (Å²) in [7, 11) is 0. The normalized spacial score (nSPS) is 49.1. The third kappa shape index (κ3) is 2.00. The monoisotopic (exact) mass is 460 g/mol. The van der Waals surface area contributed by atoms with E-state index in [4.69, 9.17) is 14.2 Å². The molecule has 8 nitrogen and oxygen atoms in total. The summed E-state index contributed by atoms with van der Waals surface area (Å²) in [6, 6.07) is 0. The minimum absolute atomic E-state index is 0.0357. The van der Waals surface area contributed by atoms with Crippen LogP contribution >= 0.6 is 15.9 Å². The Kier molecular flexibility index (Phi) is 4.42. The molecule has 2 N–H and O–H groups in total. The number of hydrogen-bond donors (Lipinski definition) is 2. The molecular weight excluding hydrogens is 436 g/mol. The van der Waals surface area contributed by atoms with Crippen LogP contribution in [0, 0.1) is 16.7 Å². The first-order valence-corrected chi connectivity index (χ1v) is 10.8. The number of aliphatic hydroxyl groups excluding tert-OH is 1. The summed E-state index contributed by atoms with van der Waals surface area (Å²) in [6.07, 6.45) is -1.19. The first-order chi connectivity index (χ1) is 13.1. The molecule has 156 valence electrons. The minimum Gasteiger partial charge on any atom is -0.462 e. The maximum absolute atomic E-state index is 13.0. The molecule has 28 heavy (non-hydrogen) atoms. The summed E-state index contributed by atoms with van der Waals surface area (Å²) in [5.41, 5.74) is -6.08. The average molecular weight is 461 g/mol. The van der Waals surface area contributed by atoms with Crippen molar-refractivity contribution in [2.24, 2.45) is 16.7 Å². The second-order valence-electron chi connectivity index (χ2n) is 8.78. The maximum atomic E-state index is 13.0. The van der Waals surface area contributed by atoms with Crippen LogP contribution in [0.15, 0.2) is 0 Å². The van der Waals surface area contributed by atoms with Crippen molar-refractivity contribution in [2.45, 2.75) is 69.4 Å². The number of ether oxygens (including phenoxy) is 3. The standard InChI is InChI=1S/C19H25BrO8/c1-10-5-6-18(25)16(2)9-26-15(24)19(16,28-12(21)4-3-7-20)11-8-17(10,18)13(22)14(23)27-11/h10-11,13,22,25H,3-9H2,1-2H3/t10-,11-,13+,16+,17+,18+,19-/m1/s1. The van der Waals surface area contributed by atoms with E-state index in [1.165, 1.54) is 0 Å². The van der Waals surface area contributed by atoms with E-state index >= 15 is 0 Å². The molecule has 2 aliphatic heterocycles. The Bertz CT molecular complexity index is 741. The lowest BCUT2D eigenvalue weighted by molar-refractivity contribution is -0.322. The van der Waals surface area contributed by atoms with Gasteiger partial charge in [0.25, 0.3) is 5.60 Å². The Labute approximate surface area is 171 Å². The topological polar surface area (TPSA) is 119 Å². The van der Waals surface area contributed by atoms with Crippen molar-refractivity contribution in [3.8, 4) is 0 Å². The molecule has 0 aromatic heterocycles. The van der Waals surface area contributed by atoms with E-state index in [9.17, 15) is 24.6 Å². The predicted molar refractivity (Wildman–Crippen MR) is 97.2 cm³/mol. The lowest BCUT2D eigenvalue weighted by Gasteiger charge is -2.64. The highest BCUT2D eigenvalue weighted by molar-refractivity contribution is 9.09. The molecule has 7 atom stereocenters. The van der Waals surface area contributed by atoms with E-state index in [1.54, 1.807) is 6.92 Å². The van der Waals surface area contributed by atoms with E-state index in [0.29, 0.717) is 18.2 Å². The molecule has 0 radical (unpaired) electrons. The lowest BCUT2D eigenvalue weighted by atomic mass is 9.44. The van der Waals surface area contributed by atoms with Gasteiger partial charge >= 0.3 is 17.9 Å². The molecule has 0 aromatic rings. The Morgan fingerprint density at radius 2 is 2.11 bits per heavy atom. The van der Waals surface area contributed by atoms with Crippen LogP contribution in [0.2, 0.25) is 0 Å². The summed E-state index contributed by atoms with van der Waals surface area (Å²) >= 11 is 3.25. The smallest absolute Gasteiger partial charge is 0.355 e. The third-order valence-corrected chi connectivity index (χ3v) is 8.41. The van der Waals surface area contributed by atoms with Gasteiger partial charge in [0.1, 0.15) is 6.61 Å². The molecule has 2 heterocycles. The number of esters is 3. The summed E-state index contributed by atoms with van der Waals surface area (Å²) in [4.78, 5) is 38.1. The third-order valence-electron chi connectivity index (χ3n) is 7.85. The van der Waals surface area contributed by atoms with Crippen molar-refractivity contribution in [2.75, 3.05) is 11.9 Å². The van der Waals surface area contributed by atoms with E-state index in [0.717, 1.165) is 0 Å². The number of rotatable bonds is 4. The molecular formula is C19H25BrO8. The molecule has 0 unspecified atom stereocenters. The van der Waals surface area contributed by atoms with Gasteiger partial charge in [0, 0.05) is 23.6 Å². The Hall–Kier alpha value is -1.19. The number of fused-ring (bicyclic) bond motifs is 4. The van der Waals surface area contributed by atoms with Gasteiger partial charge in [-0.3, -0.25) is 4.79 Å². The summed E-state index contributed by atoms with van der Waals surface area (Å²) < 4.78 is 16.5. The Morgan fingerprint density at radius 3 is 2.79 bits per heavy atom. The molecule has 4 rings (SSSR count). The van der Waals surface area contributed by atoms with Crippen LogP contribution in [0.5, 0.6) is 0 Å². The highest BCUT2D eigenvalue weighted by Crippen LogP contribution is 2.72. The second-order valence-corrected chi connectivity index (χ2v) is 9.58. The predicted octanol–water partition coefficient (Wildman–Crippen LogP) is 0.844. The van der Waals surface area contributed by atoms with E-state index in [-0.39, 0.29) is 31.8 Å². The van der Waals surface area contributed by atoms with Crippen LogP contribution in [-0.2, 0) is 28.6 Å². The first-order valence-electron chi connectivity index (χ1n) is 9.67. The molecule has 2 aliphatic carbocycles. The molecule has 9 heteroatoms. The largest absolute Gasteiger partial charge is 0.462 e. The van der Waals surface area contributed by atoms with Crippen molar-refractivity contribution < 1.29 is 38.8 Å². The summed E-state index contributed by atoms with van der Waals surface area (Å²) in [6.45, 7) is 3.34. The first kappa shape index (κ1) is 20.1. The number of aliphatic hydroxyl groups is 2. The number of carbonyl (C=O) groups excluding carboxylic acids is 3. The van der Waals surface area contributed by atoms with E-state index in [2.05, 4.69) is 15.9 Å². The van der Waals surface area contributed by atoms with Crippen molar-refractivity contribution >= 4 is 33.8 Å². The summed E-state index contributed by atoms with van der Waals surface area (Å²) in [5.74, 6) is -2.51. The SMILES string of the molecule is C[C@@H]1CC[C@@]2(O)[C@@]13C[C@@H](OC(=O)[C@@H]3O)[C@@]1(OC(=O)CCCBr)C(=O)OC[C@@]21C. The lowest BCUT2D eigenvalue weighted by Crippen LogP contribution is -2.81. The number of halogens is 1. The van der Waals surface area contributed by atoms with Crippen molar-refractivity contribution in [1.29, 1.82) is 0 Å². The fourth-order valence-corrected chi connectivity index (χ4v) is 6.59. The van der Waals surface area contributed by atoms with Crippen molar-refractivity contribution in [1.82, 2.24) is 0 Å². The fraction of sp³-hybridized carbons (Fsp3) is 0.842. The summed E-state index contributed by atoms with van der Waals surface area (Å²) in [5, 5.41) is 23.4. The van der Waals surface area contributed by atoms with Gasteiger partial charge < -0.3 is 24.4 Å². The molecule has 1 spiro atoms. The van der Waals surface area contributed by atoms with Crippen LogP contribution in [0.4, 0.5) is 0 Å². The van der Waals surface area contributed by atoms with Gasteiger partial charge in [0.2, 0.25) is 0 Å². The molecule has 2 saturated carbocycles.